The summed E-state index contributed by atoms with van der Waals surface area (Å²) in [4.78, 5) is 14.4. The van der Waals surface area contributed by atoms with Gasteiger partial charge in [-0.25, -0.2) is 0 Å². The molecule has 1 fully saturated rings. The van der Waals surface area contributed by atoms with Crippen LogP contribution in [0.1, 0.15) is 23.2 Å². The van der Waals surface area contributed by atoms with Crippen LogP contribution in [0.25, 0.3) is 0 Å². The van der Waals surface area contributed by atoms with Crippen molar-refractivity contribution in [1.82, 2.24) is 10.2 Å². The Morgan fingerprint density at radius 3 is 3.05 bits per heavy atom. The number of rotatable bonds is 3. The van der Waals surface area contributed by atoms with Gasteiger partial charge in [0.2, 0.25) is 0 Å². The molecule has 1 atom stereocenters. The molecule has 5 heteroatoms. The fourth-order valence-electron chi connectivity index (χ4n) is 2.52. The van der Waals surface area contributed by atoms with Gasteiger partial charge in [-0.3, -0.25) is 4.79 Å². The molecule has 1 heterocycles. The van der Waals surface area contributed by atoms with Crippen molar-refractivity contribution in [1.29, 1.82) is 0 Å². The van der Waals surface area contributed by atoms with Crippen molar-refractivity contribution in [2.45, 2.75) is 12.8 Å². The Bertz CT molecular complexity index is 465. The van der Waals surface area contributed by atoms with Crippen LogP contribution in [0.15, 0.2) is 22.7 Å². The van der Waals surface area contributed by atoms with E-state index in [1.807, 2.05) is 24.1 Å². The summed E-state index contributed by atoms with van der Waals surface area (Å²) < 4.78 is 0.817. The third-order valence-corrected chi connectivity index (χ3v) is 4.70. The van der Waals surface area contributed by atoms with Crippen molar-refractivity contribution in [3.63, 3.8) is 0 Å². The molecular weight excluding hydrogens is 328 g/mol. The lowest BCUT2D eigenvalue weighted by Gasteiger charge is -2.32. The van der Waals surface area contributed by atoms with Gasteiger partial charge in [-0.05, 0) is 66.5 Å². The first-order chi connectivity index (χ1) is 9.11. The van der Waals surface area contributed by atoms with Crippen LogP contribution >= 0.6 is 27.5 Å². The van der Waals surface area contributed by atoms with Crippen molar-refractivity contribution in [3.8, 4) is 0 Å². The fourth-order valence-corrected chi connectivity index (χ4v) is 2.94. The minimum Gasteiger partial charge on any atom is -0.338 e. The van der Waals surface area contributed by atoms with Crippen LogP contribution in [0.2, 0.25) is 5.02 Å². The summed E-state index contributed by atoms with van der Waals surface area (Å²) in [6.07, 6.45) is 2.26. The van der Waals surface area contributed by atoms with Crippen LogP contribution in [0, 0.1) is 5.92 Å². The maximum absolute atomic E-state index is 12.4. The van der Waals surface area contributed by atoms with Gasteiger partial charge in [0.05, 0.1) is 5.02 Å². The fraction of sp³-hybridized carbons (Fsp3) is 0.500. The Labute approximate surface area is 127 Å². The second kappa shape index (κ2) is 6.73. The van der Waals surface area contributed by atoms with Crippen LogP contribution in [0.4, 0.5) is 0 Å². The highest BCUT2D eigenvalue weighted by Gasteiger charge is 2.24. The average Bonchev–Trinajstić information content (AvgIpc) is 2.42. The third kappa shape index (κ3) is 3.71. The van der Waals surface area contributed by atoms with Crippen LogP contribution in [-0.4, -0.2) is 37.5 Å². The molecule has 1 aromatic rings. The van der Waals surface area contributed by atoms with E-state index in [2.05, 4.69) is 21.2 Å². The molecule has 3 nitrogen and oxygen atoms in total. The van der Waals surface area contributed by atoms with Gasteiger partial charge in [0.15, 0.2) is 0 Å². The summed E-state index contributed by atoms with van der Waals surface area (Å²) in [6, 6.07) is 5.38. The predicted octanol–water partition coefficient (Wildman–Crippen LogP) is 3.17. The van der Waals surface area contributed by atoms with Gasteiger partial charge in [-0.2, -0.15) is 0 Å². The number of carbonyl (C=O) groups excluding carboxylic acids is 1. The maximum Gasteiger partial charge on any atom is 0.253 e. The Morgan fingerprint density at radius 2 is 2.37 bits per heavy atom. The van der Waals surface area contributed by atoms with E-state index >= 15 is 0 Å². The lowest BCUT2D eigenvalue weighted by Crippen LogP contribution is -2.42. The maximum atomic E-state index is 12.4. The monoisotopic (exact) mass is 344 g/mol. The number of halogens is 2. The van der Waals surface area contributed by atoms with Crippen molar-refractivity contribution in [2.75, 3.05) is 26.7 Å². The lowest BCUT2D eigenvalue weighted by atomic mass is 9.97. The largest absolute Gasteiger partial charge is 0.338 e. The van der Waals surface area contributed by atoms with Gasteiger partial charge < -0.3 is 10.2 Å². The number of nitrogens with zero attached hydrogens (tertiary/aromatic N) is 1. The first kappa shape index (κ1) is 14.8. The summed E-state index contributed by atoms with van der Waals surface area (Å²) in [7, 11) is 1.95. The molecule has 0 bridgehead atoms. The predicted molar refractivity (Wildman–Crippen MR) is 81.7 cm³/mol. The zero-order valence-electron chi connectivity index (χ0n) is 11.0. The van der Waals surface area contributed by atoms with E-state index in [1.165, 1.54) is 6.42 Å². The van der Waals surface area contributed by atoms with Crippen molar-refractivity contribution in [3.05, 3.63) is 33.3 Å². The Balaban J connectivity index is 2.08. The van der Waals surface area contributed by atoms with E-state index in [-0.39, 0.29) is 5.91 Å². The number of nitrogens with one attached hydrogen (secondary N) is 1. The molecule has 1 aliphatic rings. The molecule has 0 aliphatic carbocycles. The van der Waals surface area contributed by atoms with Gasteiger partial charge in [0.25, 0.3) is 5.91 Å². The smallest absolute Gasteiger partial charge is 0.253 e. The summed E-state index contributed by atoms with van der Waals surface area (Å²) >= 11 is 9.39. The molecule has 0 spiro atoms. The molecule has 2 rings (SSSR count). The number of hydrogen-bond acceptors (Lipinski definition) is 2. The number of piperidine rings is 1. The molecule has 1 N–H and O–H groups in total. The highest BCUT2D eigenvalue weighted by Crippen LogP contribution is 2.25. The van der Waals surface area contributed by atoms with E-state index < -0.39 is 0 Å². The standard InChI is InChI=1S/C14H18BrClN2O/c1-17-8-10-3-2-6-18(9-10)14(19)11-4-5-12(15)13(16)7-11/h4-5,7,10,17H,2-3,6,8-9H2,1H3. The highest BCUT2D eigenvalue weighted by molar-refractivity contribution is 9.10. The lowest BCUT2D eigenvalue weighted by molar-refractivity contribution is 0.0674. The van der Waals surface area contributed by atoms with Crippen LogP contribution < -0.4 is 5.32 Å². The molecule has 1 saturated heterocycles. The average molecular weight is 346 g/mol. The second-order valence-corrected chi connectivity index (χ2v) is 6.21. The molecule has 0 radical (unpaired) electrons. The first-order valence-electron chi connectivity index (χ1n) is 6.50. The molecule has 19 heavy (non-hydrogen) atoms. The van der Waals surface area contributed by atoms with Crippen molar-refractivity contribution < 1.29 is 4.79 Å². The van der Waals surface area contributed by atoms with Crippen molar-refractivity contribution in [2.24, 2.45) is 5.92 Å². The molecule has 1 aliphatic heterocycles. The Morgan fingerprint density at radius 1 is 1.58 bits per heavy atom. The number of benzene rings is 1. The summed E-state index contributed by atoms with van der Waals surface area (Å²) in [6.45, 7) is 2.63. The first-order valence-corrected chi connectivity index (χ1v) is 7.68. The summed E-state index contributed by atoms with van der Waals surface area (Å²) in [5.74, 6) is 0.629. The quantitative estimate of drug-likeness (QED) is 0.912. The van der Waals surface area contributed by atoms with Gasteiger partial charge in [0, 0.05) is 23.1 Å². The molecule has 0 aromatic heterocycles. The van der Waals surface area contributed by atoms with Crippen LogP contribution in [0.5, 0.6) is 0 Å². The highest BCUT2D eigenvalue weighted by atomic mass is 79.9. The van der Waals surface area contributed by atoms with E-state index in [0.29, 0.717) is 16.5 Å². The number of likely N-dealkylation sites (tertiary alicyclic amines) is 1. The Hall–Kier alpha value is -0.580. The summed E-state index contributed by atoms with van der Waals surface area (Å²) in [5.41, 5.74) is 0.665. The SMILES string of the molecule is CNCC1CCCN(C(=O)c2ccc(Br)c(Cl)c2)C1. The molecular formula is C14H18BrClN2O. The van der Waals surface area contributed by atoms with E-state index in [1.54, 1.807) is 6.07 Å². The second-order valence-electron chi connectivity index (χ2n) is 4.95. The summed E-state index contributed by atoms with van der Waals surface area (Å²) in [5, 5.41) is 3.77. The minimum atomic E-state index is 0.0789. The van der Waals surface area contributed by atoms with Gasteiger partial charge in [-0.15, -0.1) is 0 Å². The molecule has 1 aromatic carbocycles. The minimum absolute atomic E-state index is 0.0789. The van der Waals surface area contributed by atoms with E-state index in [4.69, 9.17) is 11.6 Å². The number of carbonyl (C=O) groups is 1. The Kier molecular flexibility index (Phi) is 5.25. The van der Waals surface area contributed by atoms with Crippen molar-refractivity contribution >= 4 is 33.4 Å². The third-order valence-electron chi connectivity index (χ3n) is 3.47. The zero-order chi connectivity index (χ0) is 13.8. The van der Waals surface area contributed by atoms with Crippen LogP contribution in [-0.2, 0) is 0 Å². The van der Waals surface area contributed by atoms with E-state index in [9.17, 15) is 4.79 Å². The molecule has 0 saturated carbocycles. The molecule has 1 amide bonds. The molecule has 1 unspecified atom stereocenters. The molecule has 104 valence electrons. The zero-order valence-corrected chi connectivity index (χ0v) is 13.3. The van der Waals surface area contributed by atoms with Crippen LogP contribution in [0.3, 0.4) is 0 Å². The number of amides is 1. The topological polar surface area (TPSA) is 32.3 Å². The van der Waals surface area contributed by atoms with Gasteiger partial charge in [0.1, 0.15) is 0 Å². The van der Waals surface area contributed by atoms with Gasteiger partial charge >= 0.3 is 0 Å². The van der Waals surface area contributed by atoms with Gasteiger partial charge in [-0.1, -0.05) is 11.6 Å². The number of hydrogen-bond donors (Lipinski definition) is 1. The van der Waals surface area contributed by atoms with E-state index in [0.717, 1.165) is 30.5 Å². The normalized spacial score (nSPS) is 19.5.